The van der Waals surface area contributed by atoms with Gasteiger partial charge in [0, 0.05) is 31.4 Å². The summed E-state index contributed by atoms with van der Waals surface area (Å²) in [5.74, 6) is 0. The van der Waals surface area contributed by atoms with Crippen molar-refractivity contribution in [3.05, 3.63) is 53.6 Å². The van der Waals surface area contributed by atoms with Gasteiger partial charge in [-0.15, -0.1) is 37.2 Å². The van der Waals surface area contributed by atoms with Crippen molar-refractivity contribution in [2.75, 3.05) is 13.1 Å². The lowest BCUT2D eigenvalue weighted by Gasteiger charge is -2.44. The highest BCUT2D eigenvalue weighted by atomic mass is 35.5. The van der Waals surface area contributed by atoms with Crippen LogP contribution in [0.15, 0.2) is 36.8 Å². The first-order valence-corrected chi connectivity index (χ1v) is 8.14. The zero-order valence-corrected chi connectivity index (χ0v) is 17.3. The summed E-state index contributed by atoms with van der Waals surface area (Å²) in [5.41, 5.74) is 3.09. The zero-order valence-electron chi connectivity index (χ0n) is 14.9. The minimum Gasteiger partial charge on any atom is -0.347 e. The Morgan fingerprint density at radius 3 is 2.27 bits per heavy atom. The summed E-state index contributed by atoms with van der Waals surface area (Å²) in [7, 11) is 0. The first-order chi connectivity index (χ1) is 11.2. The van der Waals surface area contributed by atoms with Crippen LogP contribution in [-0.4, -0.2) is 40.0 Å². The fourth-order valence-corrected chi connectivity index (χ4v) is 3.52. The highest BCUT2D eigenvalue weighted by Gasteiger charge is 2.32. The molecule has 1 aliphatic rings. The number of halogens is 3. The van der Waals surface area contributed by atoms with Crippen molar-refractivity contribution in [3.8, 4) is 6.07 Å². The molecule has 1 aliphatic heterocycles. The largest absolute Gasteiger partial charge is 0.347 e. The first kappa shape index (κ1) is 24.7. The molecule has 0 bridgehead atoms. The van der Waals surface area contributed by atoms with Crippen LogP contribution in [-0.2, 0) is 6.42 Å². The van der Waals surface area contributed by atoms with Crippen LogP contribution in [0.1, 0.15) is 36.7 Å². The van der Waals surface area contributed by atoms with Gasteiger partial charge in [-0.05, 0) is 38.0 Å². The van der Waals surface area contributed by atoms with Crippen molar-refractivity contribution >= 4 is 37.2 Å². The Morgan fingerprint density at radius 1 is 1.15 bits per heavy atom. The van der Waals surface area contributed by atoms with E-state index >= 15 is 0 Å². The maximum Gasteiger partial charge on any atom is 0.0991 e. The van der Waals surface area contributed by atoms with Crippen molar-refractivity contribution in [1.29, 1.82) is 5.26 Å². The van der Waals surface area contributed by atoms with Crippen molar-refractivity contribution in [1.82, 2.24) is 20.2 Å². The molecule has 2 aromatic rings. The van der Waals surface area contributed by atoms with E-state index in [1.807, 2.05) is 18.3 Å². The van der Waals surface area contributed by atoms with Crippen LogP contribution < -0.4 is 5.32 Å². The van der Waals surface area contributed by atoms with E-state index < -0.39 is 0 Å². The third-order valence-electron chi connectivity index (χ3n) is 4.65. The Hall–Kier alpha value is -1.29. The number of hydrogen-bond donors (Lipinski definition) is 2. The van der Waals surface area contributed by atoms with Crippen molar-refractivity contribution in [2.45, 2.75) is 38.4 Å². The van der Waals surface area contributed by atoms with Gasteiger partial charge >= 0.3 is 0 Å². The van der Waals surface area contributed by atoms with E-state index in [0.29, 0.717) is 17.6 Å². The number of H-pyrrole nitrogens is 1. The minimum absolute atomic E-state index is 0. The first-order valence-electron chi connectivity index (χ1n) is 8.14. The molecule has 5 nitrogen and oxygen atoms in total. The maximum absolute atomic E-state index is 8.96. The molecular formula is C18H26Cl3N5. The molecule has 0 aliphatic carbocycles. The molecule has 3 atom stereocenters. The number of imidazole rings is 1. The SMILES string of the molecule is C[C@@H]1CNC[C@H](C)N1C(Cc1ccc(C#N)cc1)c1cnc[nH]1.Cl.Cl.Cl. The normalized spacial score (nSPS) is 20.7. The number of hydrogen-bond acceptors (Lipinski definition) is 4. The molecule has 26 heavy (non-hydrogen) atoms. The van der Waals surface area contributed by atoms with Crippen LogP contribution in [0.3, 0.4) is 0 Å². The quantitative estimate of drug-likeness (QED) is 0.797. The van der Waals surface area contributed by atoms with Crippen LogP contribution in [0, 0.1) is 11.3 Å². The second kappa shape index (κ2) is 11.4. The highest BCUT2D eigenvalue weighted by Crippen LogP contribution is 2.29. The van der Waals surface area contributed by atoms with Crippen LogP contribution in [0.4, 0.5) is 0 Å². The topological polar surface area (TPSA) is 67.7 Å². The Bertz CT molecular complexity index is 659. The van der Waals surface area contributed by atoms with Crippen molar-refractivity contribution in [2.24, 2.45) is 0 Å². The van der Waals surface area contributed by atoms with E-state index in [1.54, 1.807) is 6.33 Å². The van der Waals surface area contributed by atoms with Gasteiger partial charge < -0.3 is 10.3 Å². The Balaban J connectivity index is 0.00000208. The molecule has 0 radical (unpaired) electrons. The molecule has 2 heterocycles. The van der Waals surface area contributed by atoms with Crippen LogP contribution in [0.5, 0.6) is 0 Å². The lowest BCUT2D eigenvalue weighted by molar-refractivity contribution is 0.0638. The fraction of sp³-hybridized carbons (Fsp3) is 0.444. The third kappa shape index (κ3) is 5.60. The average Bonchev–Trinajstić information content (AvgIpc) is 3.08. The fourth-order valence-electron chi connectivity index (χ4n) is 3.52. The summed E-state index contributed by atoms with van der Waals surface area (Å²) in [6, 6.07) is 11.3. The third-order valence-corrected chi connectivity index (χ3v) is 4.65. The molecule has 0 amide bonds. The van der Waals surface area contributed by atoms with Crippen LogP contribution in [0.25, 0.3) is 0 Å². The zero-order chi connectivity index (χ0) is 16.2. The van der Waals surface area contributed by atoms with Gasteiger partial charge in [-0.2, -0.15) is 5.26 Å². The monoisotopic (exact) mass is 417 g/mol. The molecule has 0 saturated carbocycles. The lowest BCUT2D eigenvalue weighted by atomic mass is 9.97. The summed E-state index contributed by atoms with van der Waals surface area (Å²) in [6.45, 7) is 6.54. The number of benzene rings is 1. The van der Waals surface area contributed by atoms with Gasteiger partial charge in [-0.1, -0.05) is 12.1 Å². The number of nitrogens with one attached hydrogen (secondary N) is 2. The van der Waals surface area contributed by atoms with Crippen molar-refractivity contribution < 1.29 is 0 Å². The molecule has 1 aromatic carbocycles. The molecule has 1 aromatic heterocycles. The molecule has 1 fully saturated rings. The van der Waals surface area contributed by atoms with Gasteiger partial charge in [0.15, 0.2) is 0 Å². The van der Waals surface area contributed by atoms with Gasteiger partial charge in [-0.3, -0.25) is 4.90 Å². The van der Waals surface area contributed by atoms with Gasteiger partial charge in [0.1, 0.15) is 0 Å². The summed E-state index contributed by atoms with van der Waals surface area (Å²) < 4.78 is 0. The van der Waals surface area contributed by atoms with Crippen LogP contribution in [0.2, 0.25) is 0 Å². The standard InChI is InChI=1S/C18H23N5.3ClH/c1-13-9-20-10-14(2)23(13)18(17-11-21-12-22-17)7-15-3-5-16(8-19)6-4-15;;;/h3-6,11-14,18,20H,7,9-10H2,1-2H3,(H,21,22);3*1H/t13-,14+,18?;;;. The second-order valence-corrected chi connectivity index (χ2v) is 6.34. The average molecular weight is 419 g/mol. The van der Waals surface area contributed by atoms with E-state index in [9.17, 15) is 0 Å². The smallest absolute Gasteiger partial charge is 0.0991 e. The van der Waals surface area contributed by atoms with E-state index in [-0.39, 0.29) is 43.3 Å². The van der Waals surface area contributed by atoms with Gasteiger partial charge in [-0.25, -0.2) is 4.98 Å². The number of rotatable bonds is 4. The molecule has 0 spiro atoms. The number of nitrogens with zero attached hydrogens (tertiary/aromatic N) is 3. The van der Waals surface area contributed by atoms with Gasteiger partial charge in [0.2, 0.25) is 0 Å². The van der Waals surface area contributed by atoms with Crippen LogP contribution >= 0.6 is 37.2 Å². The van der Waals surface area contributed by atoms with Gasteiger partial charge in [0.25, 0.3) is 0 Å². The molecule has 2 N–H and O–H groups in total. The number of aromatic nitrogens is 2. The minimum atomic E-state index is 0. The lowest BCUT2D eigenvalue weighted by Crippen LogP contribution is -2.56. The Kier molecular flexibility index (Phi) is 10.9. The Morgan fingerprint density at radius 2 is 1.77 bits per heavy atom. The highest BCUT2D eigenvalue weighted by molar-refractivity contribution is 5.86. The van der Waals surface area contributed by atoms with E-state index in [1.165, 1.54) is 5.56 Å². The molecule has 8 heteroatoms. The molecule has 1 unspecified atom stereocenters. The maximum atomic E-state index is 8.96. The molecule has 144 valence electrons. The number of nitriles is 1. The van der Waals surface area contributed by atoms with E-state index in [0.717, 1.165) is 25.2 Å². The molecule has 1 saturated heterocycles. The van der Waals surface area contributed by atoms with Crippen molar-refractivity contribution in [3.63, 3.8) is 0 Å². The summed E-state index contributed by atoms with van der Waals surface area (Å²) >= 11 is 0. The molecule has 3 rings (SSSR count). The number of aromatic amines is 1. The van der Waals surface area contributed by atoms with Gasteiger partial charge in [0.05, 0.1) is 29.7 Å². The predicted molar refractivity (Wildman–Crippen MR) is 112 cm³/mol. The Labute approximate surface area is 173 Å². The van der Waals surface area contributed by atoms with E-state index in [2.05, 4.69) is 52.2 Å². The summed E-state index contributed by atoms with van der Waals surface area (Å²) in [6.07, 6.45) is 4.58. The number of piperazine rings is 1. The summed E-state index contributed by atoms with van der Waals surface area (Å²) in [4.78, 5) is 10.1. The predicted octanol–water partition coefficient (Wildman–Crippen LogP) is 3.51. The summed E-state index contributed by atoms with van der Waals surface area (Å²) in [5, 5.41) is 12.4. The second-order valence-electron chi connectivity index (χ2n) is 6.34. The van der Waals surface area contributed by atoms with E-state index in [4.69, 9.17) is 5.26 Å². The molecular weight excluding hydrogens is 393 g/mol.